The van der Waals surface area contributed by atoms with Crippen molar-refractivity contribution in [1.29, 1.82) is 0 Å². The fraction of sp³-hybridized carbons (Fsp3) is 0.500. The summed E-state index contributed by atoms with van der Waals surface area (Å²) in [5.41, 5.74) is 1.13. The quantitative estimate of drug-likeness (QED) is 0.872. The van der Waals surface area contributed by atoms with Gasteiger partial charge >= 0.3 is 0 Å². The van der Waals surface area contributed by atoms with E-state index in [1.807, 2.05) is 30.9 Å². The topological polar surface area (TPSA) is 30.3 Å². The number of nitrogens with zero attached hydrogens (tertiary/aromatic N) is 3. The van der Waals surface area contributed by atoms with Gasteiger partial charge in [0.1, 0.15) is 5.82 Å². The summed E-state index contributed by atoms with van der Waals surface area (Å²) in [5, 5.41) is 0. The van der Waals surface area contributed by atoms with Crippen LogP contribution in [-0.4, -0.2) is 39.7 Å². The molecule has 3 heterocycles. The monoisotopic (exact) mass is 315 g/mol. The van der Waals surface area contributed by atoms with Crippen LogP contribution in [0.5, 0.6) is 0 Å². The molecule has 4 nitrogen and oxygen atoms in total. The Morgan fingerprint density at radius 3 is 2.96 bits per heavy atom. The third kappa shape index (κ3) is 3.16. The van der Waals surface area contributed by atoms with Crippen molar-refractivity contribution in [3.8, 4) is 0 Å². The summed E-state index contributed by atoms with van der Waals surface area (Å²) in [6, 6.07) is 7.22. The van der Waals surface area contributed by atoms with E-state index in [-0.39, 0.29) is 11.4 Å². The molecule has 1 aromatic heterocycles. The molecule has 0 amide bonds. The fourth-order valence-corrected chi connectivity index (χ4v) is 3.95. The first-order valence-electron chi connectivity index (χ1n) is 8.31. The molecule has 2 aliphatic heterocycles. The van der Waals surface area contributed by atoms with Gasteiger partial charge in [0.2, 0.25) is 0 Å². The molecule has 1 aromatic carbocycles. The van der Waals surface area contributed by atoms with E-state index < -0.39 is 0 Å². The van der Waals surface area contributed by atoms with E-state index in [4.69, 9.17) is 4.74 Å². The molecular weight excluding hydrogens is 293 g/mol. The van der Waals surface area contributed by atoms with Crippen LogP contribution >= 0.6 is 0 Å². The molecule has 0 radical (unpaired) electrons. The Bertz CT molecular complexity index is 643. The lowest BCUT2D eigenvalue weighted by Gasteiger charge is -2.39. The molecule has 2 saturated heterocycles. The van der Waals surface area contributed by atoms with Gasteiger partial charge in [-0.1, -0.05) is 12.1 Å². The number of hydrogen-bond acceptors (Lipinski definition) is 3. The predicted molar refractivity (Wildman–Crippen MR) is 85.5 cm³/mol. The van der Waals surface area contributed by atoms with Crippen molar-refractivity contribution in [2.24, 2.45) is 0 Å². The minimum Gasteiger partial charge on any atom is -0.371 e. The molecule has 1 spiro atoms. The second-order valence-electron chi connectivity index (χ2n) is 6.80. The zero-order chi connectivity index (χ0) is 15.7. The lowest BCUT2D eigenvalue weighted by molar-refractivity contribution is -0.0534. The SMILES string of the molecule is Fc1ccc(CN2CCCC3(CC(n4ccnc4)CO3)C2)cc1. The van der Waals surface area contributed by atoms with Gasteiger partial charge in [-0.25, -0.2) is 9.37 Å². The summed E-state index contributed by atoms with van der Waals surface area (Å²) < 4.78 is 21.5. The van der Waals surface area contributed by atoms with Crippen molar-refractivity contribution in [3.05, 3.63) is 54.4 Å². The highest BCUT2D eigenvalue weighted by Gasteiger charge is 2.43. The smallest absolute Gasteiger partial charge is 0.123 e. The third-order valence-corrected chi connectivity index (χ3v) is 5.07. The van der Waals surface area contributed by atoms with Gasteiger partial charge < -0.3 is 9.30 Å². The van der Waals surface area contributed by atoms with E-state index in [0.29, 0.717) is 6.04 Å². The Hall–Kier alpha value is -1.72. The molecule has 122 valence electrons. The maximum Gasteiger partial charge on any atom is 0.123 e. The van der Waals surface area contributed by atoms with Crippen LogP contribution in [0, 0.1) is 5.82 Å². The van der Waals surface area contributed by atoms with Crippen LogP contribution in [0.2, 0.25) is 0 Å². The van der Waals surface area contributed by atoms with Crippen molar-refractivity contribution in [2.45, 2.75) is 37.5 Å². The second kappa shape index (κ2) is 6.06. The molecule has 5 heteroatoms. The largest absolute Gasteiger partial charge is 0.371 e. The molecule has 0 N–H and O–H groups in total. The molecule has 0 saturated carbocycles. The number of likely N-dealkylation sites (tertiary alicyclic amines) is 1. The zero-order valence-electron chi connectivity index (χ0n) is 13.2. The summed E-state index contributed by atoms with van der Waals surface area (Å²) in [7, 11) is 0. The van der Waals surface area contributed by atoms with Crippen molar-refractivity contribution in [3.63, 3.8) is 0 Å². The second-order valence-corrected chi connectivity index (χ2v) is 6.80. The average Bonchev–Trinajstić information content (AvgIpc) is 3.20. The summed E-state index contributed by atoms with van der Waals surface area (Å²) in [5.74, 6) is -0.175. The molecule has 23 heavy (non-hydrogen) atoms. The van der Waals surface area contributed by atoms with Gasteiger partial charge in [0, 0.05) is 31.9 Å². The molecule has 2 aromatic rings. The van der Waals surface area contributed by atoms with Crippen LogP contribution in [0.4, 0.5) is 4.39 Å². The number of imidazole rings is 1. The number of aromatic nitrogens is 2. The first-order valence-corrected chi connectivity index (χ1v) is 8.31. The molecule has 4 rings (SSSR count). The van der Waals surface area contributed by atoms with Crippen LogP contribution in [0.25, 0.3) is 0 Å². The molecule has 0 bridgehead atoms. The number of piperidine rings is 1. The van der Waals surface area contributed by atoms with Gasteiger partial charge in [-0.3, -0.25) is 4.90 Å². The normalized spacial score (nSPS) is 28.5. The third-order valence-electron chi connectivity index (χ3n) is 5.07. The Balaban J connectivity index is 1.42. The molecule has 2 unspecified atom stereocenters. The molecule has 2 atom stereocenters. The molecular formula is C18H22FN3O. The average molecular weight is 315 g/mol. The Morgan fingerprint density at radius 1 is 1.30 bits per heavy atom. The predicted octanol–water partition coefficient (Wildman–Crippen LogP) is 3.02. The maximum atomic E-state index is 13.0. The van der Waals surface area contributed by atoms with Gasteiger partial charge in [-0.2, -0.15) is 0 Å². The molecule has 2 aliphatic rings. The lowest BCUT2D eigenvalue weighted by Crippen LogP contribution is -2.47. The first-order chi connectivity index (χ1) is 11.2. The lowest BCUT2D eigenvalue weighted by atomic mass is 9.88. The summed E-state index contributed by atoms with van der Waals surface area (Å²) in [4.78, 5) is 6.58. The van der Waals surface area contributed by atoms with E-state index in [1.165, 1.54) is 12.1 Å². The van der Waals surface area contributed by atoms with Crippen molar-refractivity contribution < 1.29 is 9.13 Å². The van der Waals surface area contributed by atoms with Gasteiger partial charge in [0.15, 0.2) is 0 Å². The van der Waals surface area contributed by atoms with Crippen LogP contribution in [0.1, 0.15) is 30.9 Å². The standard InChI is InChI=1S/C18H22FN3O/c19-16-4-2-15(3-5-16)11-21-8-1-6-18(13-21)10-17(12-23-18)22-9-7-20-14-22/h2-5,7,9,14,17H,1,6,8,10-13H2. The van der Waals surface area contributed by atoms with Gasteiger partial charge in [0.25, 0.3) is 0 Å². The van der Waals surface area contributed by atoms with Crippen molar-refractivity contribution in [1.82, 2.24) is 14.5 Å². The highest BCUT2D eigenvalue weighted by molar-refractivity contribution is 5.16. The number of halogens is 1. The Morgan fingerprint density at radius 2 is 2.17 bits per heavy atom. The maximum absolute atomic E-state index is 13.0. The van der Waals surface area contributed by atoms with Crippen molar-refractivity contribution >= 4 is 0 Å². The summed E-state index contributed by atoms with van der Waals surface area (Å²) >= 11 is 0. The van der Waals surface area contributed by atoms with E-state index in [0.717, 1.165) is 51.1 Å². The highest BCUT2D eigenvalue weighted by atomic mass is 19.1. The van der Waals surface area contributed by atoms with Crippen LogP contribution in [0.3, 0.4) is 0 Å². The van der Waals surface area contributed by atoms with E-state index in [9.17, 15) is 4.39 Å². The molecule has 0 aliphatic carbocycles. The van der Waals surface area contributed by atoms with Crippen LogP contribution < -0.4 is 0 Å². The number of ether oxygens (including phenoxy) is 1. The first kappa shape index (κ1) is 14.8. The van der Waals surface area contributed by atoms with Gasteiger partial charge in [-0.05, 0) is 37.1 Å². The highest BCUT2D eigenvalue weighted by Crippen LogP contribution is 2.39. The minimum absolute atomic E-state index is 0.0345. The summed E-state index contributed by atoms with van der Waals surface area (Å²) in [6.07, 6.45) is 9.05. The van der Waals surface area contributed by atoms with Crippen molar-refractivity contribution in [2.75, 3.05) is 19.7 Å². The Kier molecular flexibility index (Phi) is 3.91. The van der Waals surface area contributed by atoms with E-state index in [1.54, 1.807) is 0 Å². The van der Waals surface area contributed by atoms with E-state index in [2.05, 4.69) is 14.5 Å². The molecule has 2 fully saturated rings. The Labute approximate surface area is 135 Å². The van der Waals surface area contributed by atoms with Gasteiger partial charge in [0.05, 0.1) is 24.6 Å². The van der Waals surface area contributed by atoms with Crippen LogP contribution in [0.15, 0.2) is 43.0 Å². The fourth-order valence-electron chi connectivity index (χ4n) is 3.95. The van der Waals surface area contributed by atoms with Gasteiger partial charge in [-0.15, -0.1) is 0 Å². The minimum atomic E-state index is -0.175. The number of rotatable bonds is 3. The summed E-state index contributed by atoms with van der Waals surface area (Å²) in [6.45, 7) is 3.66. The van der Waals surface area contributed by atoms with Crippen LogP contribution in [-0.2, 0) is 11.3 Å². The number of hydrogen-bond donors (Lipinski definition) is 0. The van der Waals surface area contributed by atoms with E-state index >= 15 is 0 Å². The number of benzene rings is 1. The zero-order valence-corrected chi connectivity index (χ0v) is 13.2.